The highest BCUT2D eigenvalue weighted by Crippen LogP contribution is 2.24. The first-order valence-electron chi connectivity index (χ1n) is 6.80. The smallest absolute Gasteiger partial charge is 0.251 e. The van der Waals surface area contributed by atoms with Crippen molar-refractivity contribution in [3.63, 3.8) is 0 Å². The lowest BCUT2D eigenvalue weighted by Gasteiger charge is -2.14. The summed E-state index contributed by atoms with van der Waals surface area (Å²) < 4.78 is 0. The Kier molecular flexibility index (Phi) is 4.43. The summed E-state index contributed by atoms with van der Waals surface area (Å²) >= 11 is 0. The molecule has 4 heteroatoms. The molecule has 0 saturated heterocycles. The fourth-order valence-corrected chi connectivity index (χ4v) is 2.50. The van der Waals surface area contributed by atoms with E-state index in [-0.39, 0.29) is 12.0 Å². The molecule has 1 saturated carbocycles. The zero-order chi connectivity index (χ0) is 13.8. The molecule has 1 aliphatic carbocycles. The number of nitrogens with one attached hydrogen (secondary N) is 1. The molecule has 1 aromatic rings. The molecular weight excluding hydrogens is 240 g/mol. The van der Waals surface area contributed by atoms with Crippen LogP contribution in [0.2, 0.25) is 0 Å². The van der Waals surface area contributed by atoms with Gasteiger partial charge in [0.05, 0.1) is 6.10 Å². The van der Waals surface area contributed by atoms with Crippen molar-refractivity contribution >= 4 is 11.6 Å². The number of amides is 1. The number of carbonyl (C=O) groups excluding carboxylic acids is 1. The van der Waals surface area contributed by atoms with Crippen LogP contribution in [0.15, 0.2) is 24.3 Å². The summed E-state index contributed by atoms with van der Waals surface area (Å²) in [5.74, 6) is 0.376. The first-order chi connectivity index (χ1) is 9.06. The Hall–Kier alpha value is -1.55. The number of hydrogen-bond donors (Lipinski definition) is 2. The molecule has 2 unspecified atom stereocenters. The summed E-state index contributed by atoms with van der Waals surface area (Å²) in [6.45, 7) is 0.655. The molecule has 0 radical (unpaired) electrons. The van der Waals surface area contributed by atoms with Gasteiger partial charge in [0.15, 0.2) is 0 Å². The zero-order valence-corrected chi connectivity index (χ0v) is 11.6. The van der Waals surface area contributed by atoms with Gasteiger partial charge in [0, 0.05) is 31.9 Å². The molecule has 2 N–H and O–H groups in total. The van der Waals surface area contributed by atoms with Gasteiger partial charge in [-0.25, -0.2) is 0 Å². The maximum atomic E-state index is 12.1. The third kappa shape index (κ3) is 3.70. The first kappa shape index (κ1) is 13.9. The van der Waals surface area contributed by atoms with Gasteiger partial charge in [0.25, 0.3) is 5.91 Å². The van der Waals surface area contributed by atoms with Gasteiger partial charge in [-0.3, -0.25) is 4.79 Å². The lowest BCUT2D eigenvalue weighted by molar-refractivity contribution is 0.0945. The average Bonchev–Trinajstić information content (AvgIpc) is 2.82. The summed E-state index contributed by atoms with van der Waals surface area (Å²) in [6, 6.07) is 7.58. The number of benzene rings is 1. The molecule has 0 spiro atoms. The predicted molar refractivity (Wildman–Crippen MR) is 76.5 cm³/mol. The number of aliphatic hydroxyl groups is 1. The number of aliphatic hydroxyl groups excluding tert-OH is 1. The van der Waals surface area contributed by atoms with Crippen LogP contribution in [0, 0.1) is 5.92 Å². The average molecular weight is 262 g/mol. The van der Waals surface area contributed by atoms with E-state index >= 15 is 0 Å². The second-order valence-corrected chi connectivity index (χ2v) is 5.49. The van der Waals surface area contributed by atoms with Crippen molar-refractivity contribution in [1.29, 1.82) is 0 Å². The molecule has 1 aliphatic rings. The summed E-state index contributed by atoms with van der Waals surface area (Å²) in [6.07, 6.45) is 2.48. The molecular formula is C15H22N2O2. The van der Waals surface area contributed by atoms with Gasteiger partial charge in [-0.15, -0.1) is 0 Å². The molecule has 2 atom stereocenters. The van der Waals surface area contributed by atoms with Crippen LogP contribution in [0.4, 0.5) is 5.69 Å². The van der Waals surface area contributed by atoms with E-state index in [1.807, 2.05) is 43.3 Å². The monoisotopic (exact) mass is 262 g/mol. The van der Waals surface area contributed by atoms with E-state index in [1.165, 1.54) is 0 Å². The lowest BCUT2D eigenvalue weighted by Crippen LogP contribution is -2.28. The topological polar surface area (TPSA) is 52.6 Å². The lowest BCUT2D eigenvalue weighted by atomic mass is 10.1. The van der Waals surface area contributed by atoms with Crippen LogP contribution in [-0.4, -0.2) is 37.8 Å². The van der Waals surface area contributed by atoms with E-state index in [0.717, 1.165) is 24.9 Å². The summed E-state index contributed by atoms with van der Waals surface area (Å²) in [4.78, 5) is 14.0. The maximum absolute atomic E-state index is 12.1. The minimum Gasteiger partial charge on any atom is -0.393 e. The Labute approximate surface area is 114 Å². The summed E-state index contributed by atoms with van der Waals surface area (Å²) in [5, 5.41) is 12.4. The van der Waals surface area contributed by atoms with Gasteiger partial charge in [0.1, 0.15) is 0 Å². The predicted octanol–water partition coefficient (Wildman–Crippen LogP) is 1.64. The van der Waals surface area contributed by atoms with E-state index in [9.17, 15) is 9.90 Å². The number of rotatable bonds is 4. The highest BCUT2D eigenvalue weighted by atomic mass is 16.3. The molecule has 0 aliphatic heterocycles. The van der Waals surface area contributed by atoms with Crippen molar-refractivity contribution in [1.82, 2.24) is 5.32 Å². The summed E-state index contributed by atoms with van der Waals surface area (Å²) in [5.41, 5.74) is 1.70. The zero-order valence-electron chi connectivity index (χ0n) is 11.6. The highest BCUT2D eigenvalue weighted by Gasteiger charge is 2.23. The molecule has 1 aromatic carbocycles. The standard InChI is InChI=1S/C15H22N2O2/c1-17(2)13-5-3-4-12(9-13)15(19)16-10-11-6-7-14(18)8-11/h3-5,9,11,14,18H,6-8,10H2,1-2H3,(H,16,19). The van der Waals surface area contributed by atoms with Crippen LogP contribution in [0.25, 0.3) is 0 Å². The molecule has 4 nitrogen and oxygen atoms in total. The van der Waals surface area contributed by atoms with Crippen LogP contribution in [0.3, 0.4) is 0 Å². The Morgan fingerprint density at radius 2 is 2.21 bits per heavy atom. The SMILES string of the molecule is CN(C)c1cccc(C(=O)NCC2CCC(O)C2)c1. The van der Waals surface area contributed by atoms with Gasteiger partial charge < -0.3 is 15.3 Å². The Balaban J connectivity index is 1.90. The molecule has 2 rings (SSSR count). The van der Waals surface area contributed by atoms with Crippen LogP contribution >= 0.6 is 0 Å². The third-order valence-corrected chi connectivity index (χ3v) is 3.69. The normalized spacial score (nSPS) is 22.3. The second-order valence-electron chi connectivity index (χ2n) is 5.49. The largest absolute Gasteiger partial charge is 0.393 e. The number of hydrogen-bond acceptors (Lipinski definition) is 3. The Morgan fingerprint density at radius 3 is 2.84 bits per heavy atom. The Bertz CT molecular complexity index is 446. The molecule has 0 aromatic heterocycles. The molecule has 19 heavy (non-hydrogen) atoms. The molecule has 1 fully saturated rings. The fourth-order valence-electron chi connectivity index (χ4n) is 2.50. The van der Waals surface area contributed by atoms with Gasteiger partial charge in [0.2, 0.25) is 0 Å². The minimum absolute atomic E-state index is 0.0370. The minimum atomic E-state index is -0.182. The third-order valence-electron chi connectivity index (χ3n) is 3.69. The second kappa shape index (κ2) is 6.06. The number of anilines is 1. The quantitative estimate of drug-likeness (QED) is 0.867. The summed E-state index contributed by atoms with van der Waals surface area (Å²) in [7, 11) is 3.91. The van der Waals surface area contributed by atoms with E-state index < -0.39 is 0 Å². The van der Waals surface area contributed by atoms with Gasteiger partial charge in [-0.2, -0.15) is 0 Å². The van der Waals surface area contributed by atoms with E-state index in [2.05, 4.69) is 5.32 Å². The van der Waals surface area contributed by atoms with Crippen LogP contribution in [0.1, 0.15) is 29.6 Å². The van der Waals surface area contributed by atoms with Crippen LogP contribution < -0.4 is 10.2 Å². The molecule has 0 bridgehead atoms. The number of carbonyl (C=O) groups is 1. The van der Waals surface area contributed by atoms with E-state index in [4.69, 9.17) is 0 Å². The van der Waals surface area contributed by atoms with E-state index in [0.29, 0.717) is 18.0 Å². The van der Waals surface area contributed by atoms with Gasteiger partial charge >= 0.3 is 0 Å². The van der Waals surface area contributed by atoms with E-state index in [1.54, 1.807) is 0 Å². The van der Waals surface area contributed by atoms with Gasteiger partial charge in [-0.05, 0) is 43.4 Å². The Morgan fingerprint density at radius 1 is 1.42 bits per heavy atom. The van der Waals surface area contributed by atoms with Crippen molar-refractivity contribution in [2.75, 3.05) is 25.5 Å². The molecule has 1 amide bonds. The van der Waals surface area contributed by atoms with Crippen LogP contribution in [0.5, 0.6) is 0 Å². The van der Waals surface area contributed by atoms with Crippen molar-refractivity contribution < 1.29 is 9.90 Å². The number of nitrogens with zero attached hydrogens (tertiary/aromatic N) is 1. The van der Waals surface area contributed by atoms with Crippen molar-refractivity contribution in [3.05, 3.63) is 29.8 Å². The molecule has 104 valence electrons. The van der Waals surface area contributed by atoms with Crippen LogP contribution in [-0.2, 0) is 0 Å². The van der Waals surface area contributed by atoms with Crippen molar-refractivity contribution in [2.45, 2.75) is 25.4 Å². The highest BCUT2D eigenvalue weighted by molar-refractivity contribution is 5.95. The molecule has 0 heterocycles. The van der Waals surface area contributed by atoms with Gasteiger partial charge in [-0.1, -0.05) is 6.07 Å². The van der Waals surface area contributed by atoms with Crippen molar-refractivity contribution in [3.8, 4) is 0 Å². The first-order valence-corrected chi connectivity index (χ1v) is 6.80. The fraction of sp³-hybridized carbons (Fsp3) is 0.533. The maximum Gasteiger partial charge on any atom is 0.251 e. The van der Waals surface area contributed by atoms with Crippen molar-refractivity contribution in [2.24, 2.45) is 5.92 Å².